The fourth-order valence-electron chi connectivity index (χ4n) is 7.99. The summed E-state index contributed by atoms with van der Waals surface area (Å²) >= 11 is 0. The summed E-state index contributed by atoms with van der Waals surface area (Å²) in [5.41, 5.74) is -6.69. The van der Waals surface area contributed by atoms with Crippen molar-refractivity contribution in [1.82, 2.24) is 0 Å². The number of aliphatic hydroxyl groups excluding tert-OH is 2. The fourth-order valence-corrected chi connectivity index (χ4v) is 7.99. The number of rotatable bonds is 5. The quantitative estimate of drug-likeness (QED) is 0.250. The molecule has 3 fully saturated rings. The first-order valence-corrected chi connectivity index (χ1v) is 14.8. The third-order valence-electron chi connectivity index (χ3n) is 10.4. The molecule has 5 rings (SSSR count). The zero-order valence-corrected chi connectivity index (χ0v) is 25.7. The molecule has 1 aromatic carbocycles. The maximum absolute atomic E-state index is 14.9. The zero-order valence-electron chi connectivity index (χ0n) is 25.7. The number of aliphatic hydroxyl groups is 3. The van der Waals surface area contributed by atoms with Gasteiger partial charge < -0.3 is 39.0 Å². The second-order valence-electron chi connectivity index (χ2n) is 13.0. The highest BCUT2D eigenvalue weighted by molar-refractivity contribution is 5.95. The van der Waals surface area contributed by atoms with Crippen LogP contribution in [-0.2, 0) is 33.3 Å². The van der Waals surface area contributed by atoms with Gasteiger partial charge in [0.2, 0.25) is 0 Å². The van der Waals surface area contributed by atoms with Crippen molar-refractivity contribution in [2.24, 2.45) is 16.7 Å². The van der Waals surface area contributed by atoms with Gasteiger partial charge in [-0.05, 0) is 44.1 Å². The lowest BCUT2D eigenvalue weighted by atomic mass is 9.44. The highest BCUT2D eigenvalue weighted by atomic mass is 16.7. The SMILES string of the molecule is CCOC(=O)OC1C(=O)[C@@]2(C)C(C(OC(=O)c3ccccc3)[C@]3(O)C[C@H](O)C(C)=C1C3(C)C)[C@]1(OC(C)=O)CO[C@@H]1C[C@@H]2O. The maximum atomic E-state index is 14.9. The summed E-state index contributed by atoms with van der Waals surface area (Å²) in [6.45, 7) is 8.67. The Labute approximate surface area is 255 Å². The topological polar surface area (TPSA) is 175 Å². The molecule has 2 bridgehead atoms. The van der Waals surface area contributed by atoms with Crippen LogP contribution >= 0.6 is 0 Å². The summed E-state index contributed by atoms with van der Waals surface area (Å²) in [5.74, 6) is -3.76. The Balaban J connectivity index is 1.82. The van der Waals surface area contributed by atoms with E-state index in [0.717, 1.165) is 0 Å². The summed E-state index contributed by atoms with van der Waals surface area (Å²) in [6.07, 6.45) is -8.75. The first-order chi connectivity index (χ1) is 20.6. The van der Waals surface area contributed by atoms with Crippen LogP contribution in [0.15, 0.2) is 41.5 Å². The van der Waals surface area contributed by atoms with Gasteiger partial charge in [-0.3, -0.25) is 9.59 Å². The molecule has 1 saturated heterocycles. The lowest BCUT2D eigenvalue weighted by Gasteiger charge is -2.67. The molecule has 3 N–H and O–H groups in total. The monoisotopic (exact) mass is 616 g/mol. The first kappa shape index (κ1) is 32.1. The minimum absolute atomic E-state index is 0.0532. The number of carbonyl (C=O) groups is 4. The molecule has 9 atom stereocenters. The smallest absolute Gasteiger partial charge is 0.455 e. The van der Waals surface area contributed by atoms with Gasteiger partial charge in [0, 0.05) is 25.2 Å². The molecule has 0 spiro atoms. The molecule has 3 aliphatic carbocycles. The lowest BCUT2D eigenvalue weighted by Crippen LogP contribution is -2.81. The predicted octanol–water partition coefficient (Wildman–Crippen LogP) is 2.26. The largest absolute Gasteiger partial charge is 0.509 e. The van der Waals surface area contributed by atoms with Crippen molar-refractivity contribution in [3.05, 3.63) is 47.0 Å². The van der Waals surface area contributed by atoms with Crippen LogP contribution in [0.2, 0.25) is 0 Å². The number of esters is 2. The van der Waals surface area contributed by atoms with E-state index < -0.39 is 82.3 Å². The average Bonchev–Trinajstić information content (AvgIpc) is 2.95. The van der Waals surface area contributed by atoms with Crippen molar-refractivity contribution in [2.75, 3.05) is 13.2 Å². The predicted molar refractivity (Wildman–Crippen MR) is 151 cm³/mol. The second kappa shape index (κ2) is 10.9. The minimum Gasteiger partial charge on any atom is -0.455 e. The molecule has 240 valence electrons. The van der Waals surface area contributed by atoms with Crippen LogP contribution in [0.4, 0.5) is 4.79 Å². The Morgan fingerprint density at radius 3 is 2.30 bits per heavy atom. The van der Waals surface area contributed by atoms with E-state index in [1.807, 2.05) is 0 Å². The Hall–Kier alpha value is -3.32. The van der Waals surface area contributed by atoms with E-state index in [2.05, 4.69) is 0 Å². The lowest BCUT2D eigenvalue weighted by molar-refractivity contribution is -0.345. The van der Waals surface area contributed by atoms with Gasteiger partial charge in [-0.1, -0.05) is 32.0 Å². The van der Waals surface area contributed by atoms with Crippen molar-refractivity contribution in [3.8, 4) is 0 Å². The van der Waals surface area contributed by atoms with E-state index in [1.54, 1.807) is 45.9 Å². The third-order valence-corrected chi connectivity index (χ3v) is 10.4. The van der Waals surface area contributed by atoms with E-state index in [9.17, 15) is 34.5 Å². The third kappa shape index (κ3) is 4.48. The minimum atomic E-state index is -2.15. The Morgan fingerprint density at radius 2 is 1.73 bits per heavy atom. The number of fused-ring (bicyclic) bond motifs is 5. The van der Waals surface area contributed by atoms with Crippen LogP contribution in [-0.4, -0.2) is 94.1 Å². The molecule has 3 unspecified atom stereocenters. The van der Waals surface area contributed by atoms with Crippen molar-refractivity contribution < 1.29 is 58.2 Å². The van der Waals surface area contributed by atoms with E-state index in [0.29, 0.717) is 0 Å². The number of ether oxygens (including phenoxy) is 5. The van der Waals surface area contributed by atoms with Gasteiger partial charge in [0.05, 0.1) is 42.3 Å². The summed E-state index contributed by atoms with van der Waals surface area (Å²) in [4.78, 5) is 54.1. The summed E-state index contributed by atoms with van der Waals surface area (Å²) in [7, 11) is 0. The van der Waals surface area contributed by atoms with Crippen molar-refractivity contribution in [3.63, 3.8) is 0 Å². The van der Waals surface area contributed by atoms with Crippen LogP contribution in [0.3, 0.4) is 0 Å². The van der Waals surface area contributed by atoms with Crippen LogP contribution in [0.5, 0.6) is 0 Å². The van der Waals surface area contributed by atoms with E-state index in [1.165, 1.54) is 26.0 Å². The molecule has 0 aromatic heterocycles. The Morgan fingerprint density at radius 1 is 1.07 bits per heavy atom. The highest BCUT2D eigenvalue weighted by Crippen LogP contribution is 2.64. The van der Waals surface area contributed by atoms with Gasteiger partial charge in [-0.15, -0.1) is 0 Å². The normalized spacial score (nSPS) is 39.0. The number of benzene rings is 1. The van der Waals surface area contributed by atoms with Crippen LogP contribution < -0.4 is 0 Å². The van der Waals surface area contributed by atoms with E-state index in [-0.39, 0.29) is 42.8 Å². The van der Waals surface area contributed by atoms with Gasteiger partial charge in [-0.2, -0.15) is 0 Å². The van der Waals surface area contributed by atoms with Crippen molar-refractivity contribution in [2.45, 2.75) is 96.1 Å². The Bertz CT molecular complexity index is 1390. The summed E-state index contributed by atoms with van der Waals surface area (Å²) in [5, 5.41) is 36.0. The van der Waals surface area contributed by atoms with E-state index >= 15 is 0 Å². The maximum Gasteiger partial charge on any atom is 0.509 e. The van der Waals surface area contributed by atoms with Gasteiger partial charge in [0.15, 0.2) is 17.5 Å². The molecule has 1 heterocycles. The summed E-state index contributed by atoms with van der Waals surface area (Å²) < 4.78 is 28.6. The standard InChI is InChI=1S/C32H40O12/c1-7-40-28(38)42-23-22-16(2)19(34)14-32(39,29(22,4)5)26(43-27(37)18-11-9-8-10-12-18)24-30(6,25(23)36)20(35)13-21-31(24,15-41-21)44-17(3)33/h8-12,19-21,23-24,26,34-35,39H,7,13-15H2,1-6H3/t19-,20-,21+,23?,24?,26?,30+,31-,32+/m0/s1. The number of hydrogen-bond acceptors (Lipinski definition) is 12. The average molecular weight is 617 g/mol. The van der Waals surface area contributed by atoms with Crippen LogP contribution in [0, 0.1) is 16.7 Å². The van der Waals surface area contributed by atoms with Crippen LogP contribution in [0.25, 0.3) is 0 Å². The van der Waals surface area contributed by atoms with Crippen molar-refractivity contribution in [1.29, 1.82) is 0 Å². The number of carbonyl (C=O) groups excluding carboxylic acids is 4. The number of Topliss-reactive ketones (excluding diaryl/α,β-unsaturated/α-hetero) is 1. The van der Waals surface area contributed by atoms with E-state index in [4.69, 9.17) is 23.7 Å². The molecule has 1 aromatic rings. The molecular formula is C32H40O12. The summed E-state index contributed by atoms with van der Waals surface area (Å²) in [6, 6.07) is 8.02. The molecular weight excluding hydrogens is 576 g/mol. The first-order valence-electron chi connectivity index (χ1n) is 14.8. The molecule has 1 aliphatic heterocycles. The Kier molecular flexibility index (Phi) is 7.97. The zero-order chi connectivity index (χ0) is 32.4. The van der Waals surface area contributed by atoms with Crippen LogP contribution in [0.1, 0.15) is 64.7 Å². The van der Waals surface area contributed by atoms with Gasteiger partial charge in [-0.25, -0.2) is 9.59 Å². The number of ketones is 1. The van der Waals surface area contributed by atoms with Crippen molar-refractivity contribution >= 4 is 23.9 Å². The number of hydrogen-bond donors (Lipinski definition) is 3. The van der Waals surface area contributed by atoms with Gasteiger partial charge in [0.25, 0.3) is 0 Å². The molecule has 2 saturated carbocycles. The molecule has 0 radical (unpaired) electrons. The second-order valence-corrected chi connectivity index (χ2v) is 13.0. The van der Waals surface area contributed by atoms with Gasteiger partial charge >= 0.3 is 18.1 Å². The molecule has 44 heavy (non-hydrogen) atoms. The highest BCUT2D eigenvalue weighted by Gasteiger charge is 2.78. The molecule has 12 nitrogen and oxygen atoms in total. The fraction of sp³-hybridized carbons (Fsp3) is 0.625. The molecule has 0 amide bonds. The van der Waals surface area contributed by atoms with Gasteiger partial charge in [0.1, 0.15) is 17.8 Å². The molecule has 4 aliphatic rings. The molecule has 12 heteroatoms.